The summed E-state index contributed by atoms with van der Waals surface area (Å²) in [5, 5.41) is 13.9. The molecule has 0 spiro atoms. The fraction of sp³-hybridized carbons (Fsp3) is 0.300. The van der Waals surface area contributed by atoms with Gasteiger partial charge in [0, 0.05) is 0 Å². The largest absolute Gasteiger partial charge is 0.374 e. The molecule has 1 aliphatic rings. The number of ether oxygens (including phenoxy) is 1. The molecule has 0 saturated heterocycles. The first-order valence-corrected chi connectivity index (χ1v) is 4.99. The second-order valence-corrected chi connectivity index (χ2v) is 3.86. The molecule has 1 aromatic carbocycles. The first kappa shape index (κ1) is 9.44. The Morgan fingerprint density at radius 2 is 2.25 bits per heavy atom. The summed E-state index contributed by atoms with van der Waals surface area (Å²) in [4.78, 5) is 0. The lowest BCUT2D eigenvalue weighted by Crippen LogP contribution is -2.46. The van der Waals surface area contributed by atoms with Gasteiger partial charge >= 0.3 is 0 Å². The zero-order chi connectivity index (χ0) is 11.0. The zero-order valence-corrected chi connectivity index (χ0v) is 8.55. The van der Waals surface area contributed by atoms with E-state index >= 15 is 0 Å². The molecule has 0 saturated carbocycles. The maximum atomic E-state index is 6.33. The van der Waals surface area contributed by atoms with Gasteiger partial charge in [0.05, 0.1) is 13.2 Å². The van der Waals surface area contributed by atoms with Crippen molar-refractivity contribution >= 4 is 0 Å². The van der Waals surface area contributed by atoms with Crippen molar-refractivity contribution in [1.82, 2.24) is 20.6 Å². The number of H-pyrrole nitrogens is 1. The molecule has 0 fully saturated rings. The SMILES string of the molecule is NC1(c2nn[nH]n2)COCc2ccccc21. The number of rotatable bonds is 1. The van der Waals surface area contributed by atoms with E-state index in [1.54, 1.807) is 0 Å². The van der Waals surface area contributed by atoms with E-state index in [1.165, 1.54) is 0 Å². The summed E-state index contributed by atoms with van der Waals surface area (Å²) in [5.41, 5.74) is 7.60. The van der Waals surface area contributed by atoms with Crippen molar-refractivity contribution in [2.24, 2.45) is 5.73 Å². The lowest BCUT2D eigenvalue weighted by Gasteiger charge is -2.32. The van der Waals surface area contributed by atoms with E-state index in [4.69, 9.17) is 10.5 Å². The van der Waals surface area contributed by atoms with E-state index < -0.39 is 5.54 Å². The van der Waals surface area contributed by atoms with Crippen molar-refractivity contribution < 1.29 is 4.74 Å². The van der Waals surface area contributed by atoms with Crippen LogP contribution in [0.4, 0.5) is 0 Å². The van der Waals surface area contributed by atoms with Crippen LogP contribution in [0.25, 0.3) is 0 Å². The molecule has 0 amide bonds. The number of aromatic nitrogens is 4. The van der Waals surface area contributed by atoms with E-state index in [1.807, 2.05) is 24.3 Å². The summed E-state index contributed by atoms with van der Waals surface area (Å²) in [5.74, 6) is 0.458. The Morgan fingerprint density at radius 1 is 1.38 bits per heavy atom. The normalized spacial score (nSPS) is 24.1. The van der Waals surface area contributed by atoms with E-state index in [2.05, 4.69) is 20.6 Å². The highest BCUT2D eigenvalue weighted by atomic mass is 16.5. The highest BCUT2D eigenvalue weighted by molar-refractivity contribution is 5.39. The Bertz CT molecular complexity index is 498. The third-order valence-corrected chi connectivity index (χ3v) is 2.83. The predicted molar refractivity (Wildman–Crippen MR) is 55.2 cm³/mol. The van der Waals surface area contributed by atoms with Gasteiger partial charge in [0.1, 0.15) is 5.54 Å². The van der Waals surface area contributed by atoms with Crippen LogP contribution in [-0.4, -0.2) is 27.2 Å². The Balaban J connectivity index is 2.17. The van der Waals surface area contributed by atoms with Crippen LogP contribution in [0, 0.1) is 0 Å². The van der Waals surface area contributed by atoms with Crippen molar-refractivity contribution in [3.05, 3.63) is 41.2 Å². The number of aromatic amines is 1. The molecule has 82 valence electrons. The molecule has 1 aromatic heterocycles. The van der Waals surface area contributed by atoms with Crippen molar-refractivity contribution in [3.8, 4) is 0 Å². The summed E-state index contributed by atoms with van der Waals surface area (Å²) in [7, 11) is 0. The van der Waals surface area contributed by atoms with Gasteiger partial charge in [-0.05, 0) is 11.1 Å². The quantitative estimate of drug-likeness (QED) is 0.698. The van der Waals surface area contributed by atoms with Gasteiger partial charge in [-0.25, -0.2) is 0 Å². The third kappa shape index (κ3) is 1.24. The number of fused-ring (bicyclic) bond motifs is 1. The van der Waals surface area contributed by atoms with Crippen LogP contribution in [0.3, 0.4) is 0 Å². The van der Waals surface area contributed by atoms with E-state index in [9.17, 15) is 0 Å². The summed E-state index contributed by atoms with van der Waals surface area (Å²) < 4.78 is 5.49. The fourth-order valence-corrected chi connectivity index (χ4v) is 2.02. The zero-order valence-electron chi connectivity index (χ0n) is 8.55. The standard InChI is InChI=1S/C10H11N5O/c11-10(9-12-14-15-13-9)6-16-5-7-3-1-2-4-8(7)10/h1-4H,5-6,11H2,(H,12,13,14,15). The third-order valence-electron chi connectivity index (χ3n) is 2.83. The molecule has 0 bridgehead atoms. The van der Waals surface area contributed by atoms with Crippen molar-refractivity contribution in [2.75, 3.05) is 6.61 Å². The van der Waals surface area contributed by atoms with E-state index in [-0.39, 0.29) is 0 Å². The minimum atomic E-state index is -0.804. The van der Waals surface area contributed by atoms with Crippen LogP contribution < -0.4 is 5.73 Å². The Labute approximate surface area is 91.8 Å². The molecule has 0 radical (unpaired) electrons. The number of nitrogens with zero attached hydrogens (tertiary/aromatic N) is 3. The Kier molecular flexibility index (Phi) is 1.98. The number of hydrogen-bond acceptors (Lipinski definition) is 5. The Morgan fingerprint density at radius 3 is 3.06 bits per heavy atom. The van der Waals surface area contributed by atoms with Crippen molar-refractivity contribution in [2.45, 2.75) is 12.1 Å². The first-order chi connectivity index (χ1) is 7.81. The average Bonchev–Trinajstić information content (AvgIpc) is 2.84. The number of benzene rings is 1. The van der Waals surface area contributed by atoms with Gasteiger partial charge in [0.15, 0.2) is 0 Å². The lowest BCUT2D eigenvalue weighted by atomic mass is 9.86. The summed E-state index contributed by atoms with van der Waals surface area (Å²) in [6, 6.07) is 7.89. The van der Waals surface area contributed by atoms with E-state index in [0.29, 0.717) is 19.0 Å². The average molecular weight is 217 g/mol. The van der Waals surface area contributed by atoms with Crippen LogP contribution in [-0.2, 0) is 16.9 Å². The number of tetrazole rings is 1. The molecular formula is C10H11N5O. The van der Waals surface area contributed by atoms with Gasteiger partial charge in [-0.2, -0.15) is 5.21 Å². The minimum Gasteiger partial charge on any atom is -0.374 e. The molecule has 1 unspecified atom stereocenters. The van der Waals surface area contributed by atoms with Crippen LogP contribution in [0.2, 0.25) is 0 Å². The summed E-state index contributed by atoms with van der Waals surface area (Å²) >= 11 is 0. The maximum Gasteiger partial charge on any atom is 0.201 e. The topological polar surface area (TPSA) is 89.7 Å². The van der Waals surface area contributed by atoms with Crippen molar-refractivity contribution in [3.63, 3.8) is 0 Å². The number of nitrogens with two attached hydrogens (primary N) is 1. The monoisotopic (exact) mass is 217 g/mol. The molecular weight excluding hydrogens is 206 g/mol. The van der Waals surface area contributed by atoms with Crippen LogP contribution in [0.1, 0.15) is 17.0 Å². The molecule has 3 rings (SSSR count). The molecule has 6 heteroatoms. The molecule has 16 heavy (non-hydrogen) atoms. The number of hydrogen-bond donors (Lipinski definition) is 2. The number of nitrogens with one attached hydrogen (secondary N) is 1. The van der Waals surface area contributed by atoms with Crippen LogP contribution in [0.15, 0.2) is 24.3 Å². The Hall–Kier alpha value is -1.79. The summed E-state index contributed by atoms with van der Waals surface area (Å²) in [6.45, 7) is 0.941. The van der Waals surface area contributed by atoms with Gasteiger partial charge in [0.2, 0.25) is 5.82 Å². The lowest BCUT2D eigenvalue weighted by molar-refractivity contribution is 0.0643. The summed E-state index contributed by atoms with van der Waals surface area (Å²) in [6.07, 6.45) is 0. The molecule has 2 heterocycles. The highest BCUT2D eigenvalue weighted by Gasteiger charge is 2.38. The van der Waals surface area contributed by atoms with Gasteiger partial charge in [-0.15, -0.1) is 10.2 Å². The fourth-order valence-electron chi connectivity index (χ4n) is 2.02. The first-order valence-electron chi connectivity index (χ1n) is 4.99. The second kappa shape index (κ2) is 3.36. The molecule has 1 aliphatic heterocycles. The van der Waals surface area contributed by atoms with Crippen LogP contribution in [0.5, 0.6) is 0 Å². The molecule has 0 aliphatic carbocycles. The molecule has 6 nitrogen and oxygen atoms in total. The highest BCUT2D eigenvalue weighted by Crippen LogP contribution is 2.31. The molecule has 2 aromatic rings. The molecule has 3 N–H and O–H groups in total. The van der Waals surface area contributed by atoms with Crippen LogP contribution >= 0.6 is 0 Å². The van der Waals surface area contributed by atoms with Gasteiger partial charge in [-0.3, -0.25) is 0 Å². The minimum absolute atomic E-state index is 0.365. The van der Waals surface area contributed by atoms with E-state index in [0.717, 1.165) is 11.1 Å². The predicted octanol–water partition coefficient (Wildman–Crippen LogP) is -0.0678. The maximum absolute atomic E-state index is 6.33. The van der Waals surface area contributed by atoms with Gasteiger partial charge in [0.25, 0.3) is 0 Å². The van der Waals surface area contributed by atoms with Gasteiger partial charge < -0.3 is 10.5 Å². The van der Waals surface area contributed by atoms with Gasteiger partial charge in [-0.1, -0.05) is 29.5 Å². The second-order valence-electron chi connectivity index (χ2n) is 3.86. The smallest absolute Gasteiger partial charge is 0.201 e. The van der Waals surface area contributed by atoms with Crippen molar-refractivity contribution in [1.29, 1.82) is 0 Å². The molecule has 1 atom stereocenters.